The summed E-state index contributed by atoms with van der Waals surface area (Å²) in [4.78, 5) is 4.10. The molecule has 0 radical (unpaired) electrons. The third-order valence-corrected chi connectivity index (χ3v) is 3.21. The molecule has 1 aromatic carbocycles. The van der Waals surface area contributed by atoms with Crippen molar-refractivity contribution in [1.82, 2.24) is 9.55 Å². The number of rotatable bonds is 4. The number of ether oxygens (including phenoxy) is 1. The maximum atomic E-state index is 5.72. The van der Waals surface area contributed by atoms with Crippen molar-refractivity contribution in [2.24, 2.45) is 7.05 Å². The van der Waals surface area contributed by atoms with Crippen molar-refractivity contribution in [1.29, 1.82) is 0 Å². The molecule has 1 aromatic heterocycles. The van der Waals surface area contributed by atoms with Crippen LogP contribution in [0.25, 0.3) is 0 Å². The maximum absolute atomic E-state index is 5.72. The van der Waals surface area contributed by atoms with Crippen molar-refractivity contribution < 1.29 is 4.74 Å². The van der Waals surface area contributed by atoms with E-state index >= 15 is 0 Å². The van der Waals surface area contributed by atoms with E-state index in [0.717, 1.165) is 24.3 Å². The van der Waals surface area contributed by atoms with Gasteiger partial charge in [0.15, 0.2) is 5.95 Å². The summed E-state index contributed by atoms with van der Waals surface area (Å²) in [6.07, 6.45) is 3.65. The van der Waals surface area contributed by atoms with Crippen molar-refractivity contribution in [3.05, 3.63) is 41.2 Å². The molecule has 96 valence electrons. The number of benzene rings is 1. The van der Waals surface area contributed by atoms with Crippen molar-refractivity contribution >= 4 is 5.95 Å². The van der Waals surface area contributed by atoms with Crippen LogP contribution in [0.4, 0.5) is 5.95 Å². The highest BCUT2D eigenvalue weighted by Crippen LogP contribution is 2.21. The Morgan fingerprint density at radius 3 is 2.72 bits per heavy atom. The first-order chi connectivity index (χ1) is 8.61. The van der Waals surface area contributed by atoms with Gasteiger partial charge in [-0.3, -0.25) is 0 Å². The van der Waals surface area contributed by atoms with E-state index in [9.17, 15) is 0 Å². The van der Waals surface area contributed by atoms with Crippen LogP contribution in [0.1, 0.15) is 16.8 Å². The summed E-state index contributed by atoms with van der Waals surface area (Å²) >= 11 is 0. The molecule has 2 aromatic rings. The van der Waals surface area contributed by atoms with Crippen LogP contribution in [0.15, 0.2) is 24.4 Å². The molecular weight excluding hydrogens is 226 g/mol. The Bertz CT molecular complexity index is 546. The summed E-state index contributed by atoms with van der Waals surface area (Å²) in [6, 6.07) is 6.24. The highest BCUT2D eigenvalue weighted by atomic mass is 16.5. The van der Waals surface area contributed by atoms with Crippen LogP contribution in [-0.4, -0.2) is 16.7 Å². The topological polar surface area (TPSA) is 53.1 Å². The molecule has 0 fully saturated rings. The van der Waals surface area contributed by atoms with E-state index in [1.54, 1.807) is 7.11 Å². The van der Waals surface area contributed by atoms with Gasteiger partial charge in [0.25, 0.3) is 0 Å². The molecule has 0 aliphatic heterocycles. The highest BCUT2D eigenvalue weighted by Gasteiger charge is 2.07. The van der Waals surface area contributed by atoms with Gasteiger partial charge < -0.3 is 15.0 Å². The van der Waals surface area contributed by atoms with E-state index in [4.69, 9.17) is 10.5 Å². The standard InChI is InChI=1S/C14H19N3O/c1-10-4-7-13(18-3)11(8-10)5-6-12-9-16-14(15)17(12)2/h4,7-9H,5-6H2,1-3H3,(H2,15,16). The highest BCUT2D eigenvalue weighted by molar-refractivity contribution is 5.37. The van der Waals surface area contributed by atoms with Gasteiger partial charge in [0.05, 0.1) is 13.3 Å². The summed E-state index contributed by atoms with van der Waals surface area (Å²) in [5.74, 6) is 1.50. The van der Waals surface area contributed by atoms with Crippen LogP contribution in [-0.2, 0) is 19.9 Å². The monoisotopic (exact) mass is 245 g/mol. The summed E-state index contributed by atoms with van der Waals surface area (Å²) in [6.45, 7) is 2.09. The number of nitrogens with zero attached hydrogens (tertiary/aromatic N) is 2. The smallest absolute Gasteiger partial charge is 0.200 e. The van der Waals surface area contributed by atoms with E-state index in [-0.39, 0.29) is 0 Å². The van der Waals surface area contributed by atoms with Crippen molar-refractivity contribution in [2.45, 2.75) is 19.8 Å². The fourth-order valence-corrected chi connectivity index (χ4v) is 2.06. The molecule has 0 amide bonds. The van der Waals surface area contributed by atoms with E-state index < -0.39 is 0 Å². The molecule has 0 bridgehead atoms. The second-order valence-electron chi connectivity index (χ2n) is 4.48. The molecule has 2 N–H and O–H groups in total. The Hall–Kier alpha value is -1.97. The SMILES string of the molecule is COc1ccc(C)cc1CCc1cnc(N)n1C. The van der Waals surface area contributed by atoms with Gasteiger partial charge in [0.2, 0.25) is 0 Å². The summed E-state index contributed by atoms with van der Waals surface area (Å²) in [7, 11) is 3.64. The molecular formula is C14H19N3O. The van der Waals surface area contributed by atoms with E-state index in [1.807, 2.05) is 23.9 Å². The molecule has 4 nitrogen and oxygen atoms in total. The molecule has 2 rings (SSSR count). The molecule has 0 atom stereocenters. The summed E-state index contributed by atoms with van der Waals surface area (Å²) in [5, 5.41) is 0. The fraction of sp³-hybridized carbons (Fsp3) is 0.357. The molecule has 0 aliphatic carbocycles. The number of nitrogen functional groups attached to an aromatic ring is 1. The molecule has 0 saturated heterocycles. The lowest BCUT2D eigenvalue weighted by Gasteiger charge is -2.09. The minimum atomic E-state index is 0.557. The van der Waals surface area contributed by atoms with Gasteiger partial charge in [-0.2, -0.15) is 0 Å². The minimum Gasteiger partial charge on any atom is -0.496 e. The number of aromatic nitrogens is 2. The number of nitrogens with two attached hydrogens (primary N) is 1. The van der Waals surface area contributed by atoms with Gasteiger partial charge in [-0.25, -0.2) is 4.98 Å². The van der Waals surface area contributed by atoms with Crippen molar-refractivity contribution in [3.63, 3.8) is 0 Å². The van der Waals surface area contributed by atoms with Crippen LogP contribution in [0, 0.1) is 6.92 Å². The summed E-state index contributed by atoms with van der Waals surface area (Å²) in [5.41, 5.74) is 9.32. The molecule has 0 aliphatic rings. The second kappa shape index (κ2) is 5.12. The Morgan fingerprint density at radius 2 is 2.11 bits per heavy atom. The average molecular weight is 245 g/mol. The predicted octanol–water partition coefficient (Wildman–Crippen LogP) is 2.10. The van der Waals surface area contributed by atoms with Crippen LogP contribution < -0.4 is 10.5 Å². The lowest BCUT2D eigenvalue weighted by Crippen LogP contribution is -2.03. The van der Waals surface area contributed by atoms with Crippen molar-refractivity contribution in [3.8, 4) is 5.75 Å². The second-order valence-corrected chi connectivity index (χ2v) is 4.48. The number of imidazole rings is 1. The minimum absolute atomic E-state index is 0.557. The Kier molecular flexibility index (Phi) is 3.55. The zero-order valence-electron chi connectivity index (χ0n) is 11.1. The zero-order chi connectivity index (χ0) is 13.1. The Morgan fingerprint density at radius 1 is 1.33 bits per heavy atom. The molecule has 0 spiro atoms. The van der Waals surface area contributed by atoms with Crippen molar-refractivity contribution in [2.75, 3.05) is 12.8 Å². The Balaban J connectivity index is 2.15. The molecule has 0 saturated carbocycles. The van der Waals surface area contributed by atoms with Crippen LogP contribution in [0.5, 0.6) is 5.75 Å². The first-order valence-corrected chi connectivity index (χ1v) is 6.01. The molecule has 4 heteroatoms. The molecule has 18 heavy (non-hydrogen) atoms. The van der Waals surface area contributed by atoms with Crippen LogP contribution in [0.2, 0.25) is 0 Å². The van der Waals surface area contributed by atoms with E-state index in [1.165, 1.54) is 11.1 Å². The van der Waals surface area contributed by atoms with E-state index in [0.29, 0.717) is 5.95 Å². The maximum Gasteiger partial charge on any atom is 0.200 e. The quantitative estimate of drug-likeness (QED) is 0.897. The third-order valence-electron chi connectivity index (χ3n) is 3.21. The largest absolute Gasteiger partial charge is 0.496 e. The number of hydrogen-bond donors (Lipinski definition) is 1. The fourth-order valence-electron chi connectivity index (χ4n) is 2.06. The lowest BCUT2D eigenvalue weighted by molar-refractivity contribution is 0.409. The third kappa shape index (κ3) is 2.47. The van der Waals surface area contributed by atoms with E-state index in [2.05, 4.69) is 24.0 Å². The first-order valence-electron chi connectivity index (χ1n) is 6.01. The van der Waals surface area contributed by atoms with Gasteiger partial charge in [-0.1, -0.05) is 17.7 Å². The predicted molar refractivity (Wildman–Crippen MR) is 72.8 cm³/mol. The van der Waals surface area contributed by atoms with Gasteiger partial charge in [0, 0.05) is 12.7 Å². The molecule has 1 heterocycles. The number of methoxy groups -OCH3 is 1. The lowest BCUT2D eigenvalue weighted by atomic mass is 10.0. The van der Waals surface area contributed by atoms with Gasteiger partial charge >= 0.3 is 0 Å². The van der Waals surface area contributed by atoms with Crippen LogP contribution >= 0.6 is 0 Å². The normalized spacial score (nSPS) is 10.6. The van der Waals surface area contributed by atoms with Gasteiger partial charge in [0.1, 0.15) is 5.75 Å². The number of anilines is 1. The summed E-state index contributed by atoms with van der Waals surface area (Å²) < 4.78 is 7.30. The molecule has 0 unspecified atom stereocenters. The Labute approximate surface area is 107 Å². The zero-order valence-corrected chi connectivity index (χ0v) is 11.1. The van der Waals surface area contributed by atoms with Gasteiger partial charge in [-0.15, -0.1) is 0 Å². The van der Waals surface area contributed by atoms with Gasteiger partial charge in [-0.05, 0) is 31.4 Å². The van der Waals surface area contributed by atoms with Crippen LogP contribution in [0.3, 0.4) is 0 Å². The number of aryl methyl sites for hydroxylation is 3. The average Bonchev–Trinajstić information content (AvgIpc) is 2.68. The number of hydrogen-bond acceptors (Lipinski definition) is 3. The first kappa shape index (κ1) is 12.5.